The molecule has 4 rings (SSSR count). The number of piperidine rings is 1. The number of aromatic nitrogens is 2. The molecule has 0 radical (unpaired) electrons. The van der Waals surface area contributed by atoms with Crippen molar-refractivity contribution in [1.29, 1.82) is 0 Å². The number of anilines is 2. The highest BCUT2D eigenvalue weighted by atomic mass is 35.5. The van der Waals surface area contributed by atoms with E-state index < -0.39 is 23.0 Å². The highest BCUT2D eigenvalue weighted by molar-refractivity contribution is 7.13. The number of aliphatic carboxylic acids is 1. The fraction of sp³-hybridized carbons (Fsp3) is 0.375. The molecule has 10 heteroatoms. The van der Waals surface area contributed by atoms with E-state index in [1.807, 2.05) is 6.92 Å². The number of nitrogens with one attached hydrogen (secondary N) is 1. The van der Waals surface area contributed by atoms with Crippen LogP contribution in [0.1, 0.15) is 37.4 Å². The molecule has 2 atom stereocenters. The summed E-state index contributed by atoms with van der Waals surface area (Å²) in [5.74, 6) is -1.56. The van der Waals surface area contributed by atoms with E-state index in [1.165, 1.54) is 29.5 Å². The molecule has 1 fully saturated rings. The van der Waals surface area contributed by atoms with E-state index in [1.54, 1.807) is 23.7 Å². The van der Waals surface area contributed by atoms with Crippen LogP contribution in [-0.2, 0) is 17.8 Å². The number of nitrogens with zero attached hydrogens (tertiary/aromatic N) is 3. The van der Waals surface area contributed by atoms with Crippen molar-refractivity contribution >= 4 is 39.9 Å². The Hall–Kier alpha value is -2.62. The summed E-state index contributed by atoms with van der Waals surface area (Å²) in [4.78, 5) is 23.1. The number of halogens is 3. The van der Waals surface area contributed by atoms with Crippen molar-refractivity contribution in [3.8, 4) is 0 Å². The van der Waals surface area contributed by atoms with Gasteiger partial charge in [0, 0.05) is 36.1 Å². The van der Waals surface area contributed by atoms with Crippen LogP contribution in [0.5, 0.6) is 0 Å². The molecule has 3 heterocycles. The van der Waals surface area contributed by atoms with Crippen molar-refractivity contribution in [1.82, 2.24) is 14.9 Å². The minimum absolute atomic E-state index is 0.0303. The normalized spacial score (nSPS) is 20.9. The molecule has 0 bridgehead atoms. The topological polar surface area (TPSA) is 78.3 Å². The van der Waals surface area contributed by atoms with Crippen LogP contribution in [0.3, 0.4) is 0 Å². The summed E-state index contributed by atoms with van der Waals surface area (Å²) in [6.45, 7) is 2.75. The molecule has 180 valence electrons. The third-order valence-electron chi connectivity index (χ3n) is 6.44. The van der Waals surface area contributed by atoms with Crippen molar-refractivity contribution in [2.75, 3.05) is 11.9 Å². The number of hydrogen-bond donors (Lipinski definition) is 2. The van der Waals surface area contributed by atoms with Crippen LogP contribution in [0.15, 0.2) is 41.9 Å². The Kier molecular flexibility index (Phi) is 7.45. The summed E-state index contributed by atoms with van der Waals surface area (Å²) in [7, 11) is 0. The zero-order chi connectivity index (χ0) is 24.3. The van der Waals surface area contributed by atoms with Crippen LogP contribution in [0.25, 0.3) is 0 Å². The van der Waals surface area contributed by atoms with Gasteiger partial charge in [-0.25, -0.2) is 18.7 Å². The van der Waals surface area contributed by atoms with Crippen LogP contribution in [0, 0.1) is 17.0 Å². The number of carboxylic acids is 1. The van der Waals surface area contributed by atoms with E-state index >= 15 is 0 Å². The SMILES string of the molecule is CCC1CC(Cc2nc(Nc3nccs3)ccc2F)(C(=O)O)CCN1Cc1cccc(Cl)c1F. The lowest BCUT2D eigenvalue weighted by Crippen LogP contribution is -2.50. The average Bonchev–Trinajstić information content (AvgIpc) is 3.33. The first-order valence-electron chi connectivity index (χ1n) is 11.0. The second-order valence-electron chi connectivity index (χ2n) is 8.55. The summed E-state index contributed by atoms with van der Waals surface area (Å²) < 4.78 is 29.2. The molecule has 0 saturated carbocycles. The molecule has 1 aliphatic heterocycles. The van der Waals surface area contributed by atoms with Crippen molar-refractivity contribution in [3.63, 3.8) is 0 Å². The number of rotatable bonds is 8. The molecule has 2 unspecified atom stereocenters. The van der Waals surface area contributed by atoms with Gasteiger partial charge in [0.2, 0.25) is 0 Å². The quantitative estimate of drug-likeness (QED) is 0.396. The maximum atomic E-state index is 14.7. The van der Waals surface area contributed by atoms with E-state index in [2.05, 4.69) is 20.2 Å². The van der Waals surface area contributed by atoms with Crippen molar-refractivity contribution in [3.05, 3.63) is 69.8 Å². The number of benzene rings is 1. The van der Waals surface area contributed by atoms with Gasteiger partial charge in [-0.1, -0.05) is 30.7 Å². The molecular weight excluding hydrogens is 482 g/mol. The molecule has 2 N–H and O–H groups in total. The number of thiazole rings is 1. The standard InChI is InChI=1S/C24H25ClF2N4O2S/c1-2-16-12-24(22(32)33,8-10-31(16)14-15-4-3-5-17(25)21(15)27)13-19-18(26)6-7-20(29-19)30-23-28-9-11-34-23/h3-7,9,11,16H,2,8,10,12-14H2,1H3,(H,32,33)(H,28,29,30). The van der Waals surface area contributed by atoms with E-state index in [9.17, 15) is 18.7 Å². The van der Waals surface area contributed by atoms with E-state index in [0.717, 1.165) is 0 Å². The van der Waals surface area contributed by atoms with Gasteiger partial charge in [0.15, 0.2) is 5.13 Å². The van der Waals surface area contributed by atoms with Crippen LogP contribution < -0.4 is 5.32 Å². The number of likely N-dealkylation sites (tertiary alicyclic amines) is 1. The lowest BCUT2D eigenvalue weighted by molar-refractivity contribution is -0.154. The third kappa shape index (κ3) is 5.21. The molecule has 0 amide bonds. The Morgan fingerprint density at radius 1 is 1.35 bits per heavy atom. The highest BCUT2D eigenvalue weighted by Crippen LogP contribution is 2.40. The predicted octanol–water partition coefficient (Wildman–Crippen LogP) is 5.90. The van der Waals surface area contributed by atoms with Crippen molar-refractivity contribution in [2.45, 2.75) is 45.2 Å². The summed E-state index contributed by atoms with van der Waals surface area (Å²) in [6.07, 6.45) is 2.90. The zero-order valence-corrected chi connectivity index (χ0v) is 20.2. The Bertz CT molecular complexity index is 1160. The Labute approximate surface area is 205 Å². The molecule has 6 nitrogen and oxygen atoms in total. The van der Waals surface area contributed by atoms with E-state index in [-0.39, 0.29) is 23.2 Å². The fourth-order valence-electron chi connectivity index (χ4n) is 4.55. The van der Waals surface area contributed by atoms with Gasteiger partial charge in [0.05, 0.1) is 16.1 Å². The molecule has 2 aromatic heterocycles. The Morgan fingerprint density at radius 3 is 2.88 bits per heavy atom. The van der Waals surface area contributed by atoms with E-state index in [4.69, 9.17) is 11.6 Å². The summed E-state index contributed by atoms with van der Waals surface area (Å²) >= 11 is 7.31. The minimum atomic E-state index is -1.17. The van der Waals surface area contributed by atoms with Gasteiger partial charge in [-0.3, -0.25) is 9.69 Å². The van der Waals surface area contributed by atoms with Gasteiger partial charge in [0.25, 0.3) is 0 Å². The number of hydrogen-bond acceptors (Lipinski definition) is 6. The molecule has 0 aliphatic carbocycles. The molecule has 1 saturated heterocycles. The van der Waals surface area contributed by atoms with Crippen LogP contribution in [-0.4, -0.2) is 38.5 Å². The largest absolute Gasteiger partial charge is 0.481 e. The predicted molar refractivity (Wildman–Crippen MR) is 128 cm³/mol. The monoisotopic (exact) mass is 506 g/mol. The second kappa shape index (κ2) is 10.3. The minimum Gasteiger partial charge on any atom is -0.481 e. The summed E-state index contributed by atoms with van der Waals surface area (Å²) in [5, 5.41) is 15.7. The van der Waals surface area contributed by atoms with Crippen molar-refractivity contribution in [2.24, 2.45) is 5.41 Å². The fourth-order valence-corrected chi connectivity index (χ4v) is 5.28. The maximum absolute atomic E-state index is 14.7. The van der Waals surface area contributed by atoms with Gasteiger partial charge in [-0.15, -0.1) is 11.3 Å². The van der Waals surface area contributed by atoms with Gasteiger partial charge < -0.3 is 10.4 Å². The van der Waals surface area contributed by atoms with E-state index in [0.29, 0.717) is 48.9 Å². The van der Waals surface area contributed by atoms with Crippen LogP contribution in [0.2, 0.25) is 5.02 Å². The van der Waals surface area contributed by atoms with Gasteiger partial charge in [-0.05, 0) is 44.0 Å². The molecule has 1 aliphatic rings. The smallest absolute Gasteiger partial charge is 0.310 e. The van der Waals surface area contributed by atoms with Crippen LogP contribution in [0.4, 0.5) is 19.7 Å². The lowest BCUT2D eigenvalue weighted by atomic mass is 9.71. The van der Waals surface area contributed by atoms with Gasteiger partial charge in [0.1, 0.15) is 17.5 Å². The molecule has 34 heavy (non-hydrogen) atoms. The Morgan fingerprint density at radius 2 is 2.18 bits per heavy atom. The molecule has 3 aromatic rings. The summed E-state index contributed by atoms with van der Waals surface area (Å²) in [6, 6.07) is 7.58. The molecule has 1 aromatic carbocycles. The van der Waals surface area contributed by atoms with Gasteiger partial charge in [-0.2, -0.15) is 0 Å². The molecule has 0 spiro atoms. The number of carboxylic acid groups (broad SMARTS) is 1. The highest BCUT2D eigenvalue weighted by Gasteiger charge is 2.46. The summed E-state index contributed by atoms with van der Waals surface area (Å²) in [5.41, 5.74) is -0.590. The van der Waals surface area contributed by atoms with Gasteiger partial charge >= 0.3 is 5.97 Å². The maximum Gasteiger partial charge on any atom is 0.310 e. The van der Waals surface area contributed by atoms with Crippen molar-refractivity contribution < 1.29 is 18.7 Å². The third-order valence-corrected chi connectivity index (χ3v) is 7.42. The first kappa shape index (κ1) is 24.5. The second-order valence-corrected chi connectivity index (χ2v) is 9.85. The average molecular weight is 507 g/mol. The Balaban J connectivity index is 1.55. The first-order valence-corrected chi connectivity index (χ1v) is 12.3. The number of carbonyl (C=O) groups is 1. The first-order chi connectivity index (χ1) is 16.3. The lowest BCUT2D eigenvalue weighted by Gasteiger charge is -2.44. The zero-order valence-electron chi connectivity index (χ0n) is 18.6. The van der Waals surface area contributed by atoms with Crippen LogP contribution >= 0.6 is 22.9 Å². The number of pyridine rings is 1. The molecular formula is C24H25ClF2N4O2S.